The first-order valence-corrected chi connectivity index (χ1v) is 6.26. The Labute approximate surface area is 111 Å². The van der Waals surface area contributed by atoms with Crippen LogP contribution in [0.1, 0.15) is 35.7 Å². The molecule has 0 aliphatic rings. The normalized spacial score (nSPS) is 12.2. The Morgan fingerprint density at radius 2 is 2.28 bits per heavy atom. The SMILES string of the molecule is CCOC(=O)c1cnc(CC(C)OC)nc1CCl. The van der Waals surface area contributed by atoms with Gasteiger partial charge in [-0.05, 0) is 13.8 Å². The van der Waals surface area contributed by atoms with Crippen molar-refractivity contribution in [2.24, 2.45) is 0 Å². The lowest BCUT2D eigenvalue weighted by Crippen LogP contribution is -2.15. The van der Waals surface area contributed by atoms with E-state index in [1.165, 1.54) is 6.20 Å². The first-order valence-electron chi connectivity index (χ1n) is 5.73. The fourth-order valence-electron chi connectivity index (χ4n) is 1.38. The van der Waals surface area contributed by atoms with E-state index in [0.717, 1.165) is 0 Å². The molecule has 100 valence electrons. The molecule has 1 aromatic heterocycles. The van der Waals surface area contributed by atoms with E-state index in [4.69, 9.17) is 21.1 Å². The molecule has 0 aliphatic carbocycles. The number of halogens is 1. The number of esters is 1. The molecule has 1 aromatic rings. The predicted molar refractivity (Wildman–Crippen MR) is 67.7 cm³/mol. The molecule has 1 atom stereocenters. The number of nitrogens with zero attached hydrogens (tertiary/aromatic N) is 2. The molecule has 18 heavy (non-hydrogen) atoms. The van der Waals surface area contributed by atoms with Gasteiger partial charge in [0, 0.05) is 19.7 Å². The number of aromatic nitrogens is 2. The summed E-state index contributed by atoms with van der Waals surface area (Å²) in [6.45, 7) is 3.97. The van der Waals surface area contributed by atoms with Gasteiger partial charge >= 0.3 is 5.97 Å². The molecule has 0 N–H and O–H groups in total. The molecule has 6 heteroatoms. The summed E-state index contributed by atoms with van der Waals surface area (Å²) in [6.07, 6.45) is 2.05. The van der Waals surface area contributed by atoms with Crippen molar-refractivity contribution in [2.45, 2.75) is 32.3 Å². The fourth-order valence-corrected chi connectivity index (χ4v) is 1.58. The van der Waals surface area contributed by atoms with Crippen molar-refractivity contribution >= 4 is 17.6 Å². The van der Waals surface area contributed by atoms with E-state index < -0.39 is 5.97 Å². The maximum absolute atomic E-state index is 11.6. The summed E-state index contributed by atoms with van der Waals surface area (Å²) in [5.74, 6) is 0.304. The van der Waals surface area contributed by atoms with Crippen LogP contribution in [0.5, 0.6) is 0 Å². The van der Waals surface area contributed by atoms with Crippen LogP contribution in [-0.2, 0) is 21.8 Å². The number of hydrogen-bond acceptors (Lipinski definition) is 5. The maximum Gasteiger partial charge on any atom is 0.341 e. The highest BCUT2D eigenvalue weighted by Gasteiger charge is 2.15. The number of hydrogen-bond donors (Lipinski definition) is 0. The highest BCUT2D eigenvalue weighted by atomic mass is 35.5. The van der Waals surface area contributed by atoms with E-state index >= 15 is 0 Å². The van der Waals surface area contributed by atoms with E-state index in [1.54, 1.807) is 14.0 Å². The van der Waals surface area contributed by atoms with E-state index in [-0.39, 0.29) is 12.0 Å². The predicted octanol–water partition coefficient (Wildman–Crippen LogP) is 1.97. The Morgan fingerprint density at radius 3 is 2.83 bits per heavy atom. The van der Waals surface area contributed by atoms with Gasteiger partial charge in [0.25, 0.3) is 0 Å². The lowest BCUT2D eigenvalue weighted by atomic mass is 10.2. The summed E-state index contributed by atoms with van der Waals surface area (Å²) in [6, 6.07) is 0. The van der Waals surface area contributed by atoms with E-state index in [1.807, 2.05) is 6.92 Å². The molecule has 0 spiro atoms. The summed E-state index contributed by atoms with van der Waals surface area (Å²) in [7, 11) is 1.63. The van der Waals surface area contributed by atoms with Crippen LogP contribution < -0.4 is 0 Å². The Kier molecular flexibility index (Phi) is 6.01. The fraction of sp³-hybridized carbons (Fsp3) is 0.583. The highest BCUT2D eigenvalue weighted by molar-refractivity contribution is 6.17. The van der Waals surface area contributed by atoms with Gasteiger partial charge in [-0.1, -0.05) is 0 Å². The first-order chi connectivity index (χ1) is 8.62. The van der Waals surface area contributed by atoms with Gasteiger partial charge < -0.3 is 9.47 Å². The van der Waals surface area contributed by atoms with Crippen molar-refractivity contribution in [2.75, 3.05) is 13.7 Å². The average Bonchev–Trinajstić information content (AvgIpc) is 2.38. The summed E-state index contributed by atoms with van der Waals surface area (Å²) in [5, 5.41) is 0. The monoisotopic (exact) mass is 272 g/mol. The zero-order valence-corrected chi connectivity index (χ0v) is 11.5. The van der Waals surface area contributed by atoms with Gasteiger partial charge in [-0.15, -0.1) is 11.6 Å². The Balaban J connectivity index is 2.92. The van der Waals surface area contributed by atoms with Crippen molar-refractivity contribution in [1.29, 1.82) is 0 Å². The first kappa shape index (κ1) is 14.9. The van der Waals surface area contributed by atoms with Gasteiger partial charge in [0.05, 0.1) is 24.3 Å². The van der Waals surface area contributed by atoms with Crippen LogP contribution in [0, 0.1) is 0 Å². The lowest BCUT2D eigenvalue weighted by Gasteiger charge is -2.10. The molecular weight excluding hydrogens is 256 g/mol. The lowest BCUT2D eigenvalue weighted by molar-refractivity contribution is 0.0524. The van der Waals surface area contributed by atoms with Crippen molar-refractivity contribution in [3.05, 3.63) is 23.3 Å². The number of methoxy groups -OCH3 is 1. The smallest absolute Gasteiger partial charge is 0.341 e. The van der Waals surface area contributed by atoms with E-state index in [9.17, 15) is 4.79 Å². The molecular formula is C12H17ClN2O3. The largest absolute Gasteiger partial charge is 0.462 e. The van der Waals surface area contributed by atoms with Crippen LogP contribution in [0.15, 0.2) is 6.20 Å². The zero-order chi connectivity index (χ0) is 13.5. The molecule has 0 aromatic carbocycles. The molecule has 0 amide bonds. The standard InChI is InChI=1S/C12H17ClN2O3/c1-4-18-12(16)9-7-14-11(5-8(2)17-3)15-10(9)6-13/h7-8H,4-6H2,1-3H3. The van der Waals surface area contributed by atoms with Crippen LogP contribution in [0.25, 0.3) is 0 Å². The summed E-state index contributed by atoms with van der Waals surface area (Å²) < 4.78 is 10.0. The van der Waals surface area contributed by atoms with Crippen molar-refractivity contribution in [3.8, 4) is 0 Å². The molecule has 0 saturated heterocycles. The Morgan fingerprint density at radius 1 is 1.56 bits per heavy atom. The van der Waals surface area contributed by atoms with Crippen LogP contribution in [0.2, 0.25) is 0 Å². The number of alkyl halides is 1. The third-order valence-electron chi connectivity index (χ3n) is 2.41. The minimum atomic E-state index is -0.445. The minimum absolute atomic E-state index is 0.0154. The second-order valence-electron chi connectivity index (χ2n) is 3.75. The molecule has 0 bridgehead atoms. The van der Waals surface area contributed by atoms with Crippen LogP contribution in [0.3, 0.4) is 0 Å². The van der Waals surface area contributed by atoms with Gasteiger partial charge in [0.2, 0.25) is 0 Å². The second-order valence-corrected chi connectivity index (χ2v) is 4.02. The number of carbonyl (C=O) groups excluding carboxylic acids is 1. The van der Waals surface area contributed by atoms with Gasteiger partial charge in [-0.2, -0.15) is 0 Å². The number of ether oxygens (including phenoxy) is 2. The molecule has 0 radical (unpaired) electrons. The summed E-state index contributed by atoms with van der Waals surface area (Å²) >= 11 is 5.79. The average molecular weight is 273 g/mol. The maximum atomic E-state index is 11.6. The molecule has 0 aliphatic heterocycles. The number of carbonyl (C=O) groups is 1. The van der Waals surface area contributed by atoms with Crippen LogP contribution >= 0.6 is 11.6 Å². The van der Waals surface area contributed by atoms with Gasteiger partial charge in [-0.25, -0.2) is 14.8 Å². The van der Waals surface area contributed by atoms with Crippen LogP contribution in [-0.4, -0.2) is 35.8 Å². The van der Waals surface area contributed by atoms with Crippen molar-refractivity contribution in [1.82, 2.24) is 9.97 Å². The third-order valence-corrected chi connectivity index (χ3v) is 2.67. The number of rotatable bonds is 6. The molecule has 5 nitrogen and oxygen atoms in total. The molecule has 1 unspecified atom stereocenters. The topological polar surface area (TPSA) is 61.3 Å². The van der Waals surface area contributed by atoms with E-state index in [0.29, 0.717) is 30.1 Å². The van der Waals surface area contributed by atoms with Crippen molar-refractivity contribution in [3.63, 3.8) is 0 Å². The minimum Gasteiger partial charge on any atom is -0.462 e. The molecule has 0 fully saturated rings. The van der Waals surface area contributed by atoms with Crippen LogP contribution in [0.4, 0.5) is 0 Å². The zero-order valence-electron chi connectivity index (χ0n) is 10.8. The quantitative estimate of drug-likeness (QED) is 0.585. The van der Waals surface area contributed by atoms with Crippen molar-refractivity contribution < 1.29 is 14.3 Å². The summed E-state index contributed by atoms with van der Waals surface area (Å²) in [4.78, 5) is 20.0. The second kappa shape index (κ2) is 7.28. The van der Waals surface area contributed by atoms with Gasteiger partial charge in [0.15, 0.2) is 0 Å². The molecule has 1 heterocycles. The third kappa shape index (κ3) is 3.92. The Bertz CT molecular complexity index is 412. The van der Waals surface area contributed by atoms with Gasteiger partial charge in [-0.3, -0.25) is 0 Å². The van der Waals surface area contributed by atoms with E-state index in [2.05, 4.69) is 9.97 Å². The molecule has 1 rings (SSSR count). The molecule has 0 saturated carbocycles. The highest BCUT2D eigenvalue weighted by Crippen LogP contribution is 2.11. The Hall–Kier alpha value is -1.20. The van der Waals surface area contributed by atoms with Gasteiger partial charge in [0.1, 0.15) is 11.4 Å². The summed E-state index contributed by atoms with van der Waals surface area (Å²) in [5.41, 5.74) is 0.809.